The molecule has 1 aliphatic carbocycles. The number of hydrogen-bond acceptors (Lipinski definition) is 1. The summed E-state index contributed by atoms with van der Waals surface area (Å²) in [5.41, 5.74) is 0. The first kappa shape index (κ1) is 7.60. The van der Waals surface area contributed by atoms with E-state index in [4.69, 9.17) is 0 Å². The Balaban J connectivity index is 1.88. The maximum Gasteiger partial charge on any atom is 0.000960 e. The molecule has 1 nitrogen and oxygen atoms in total. The van der Waals surface area contributed by atoms with Crippen LogP contribution in [0.25, 0.3) is 0 Å². The molecule has 0 spiro atoms. The fraction of sp³-hybridized carbons (Fsp3) is 1.00. The van der Waals surface area contributed by atoms with Crippen molar-refractivity contribution in [2.75, 3.05) is 20.1 Å². The molecule has 11 heavy (non-hydrogen) atoms. The second-order valence-electron chi connectivity index (χ2n) is 4.43. The van der Waals surface area contributed by atoms with Crippen LogP contribution in [0.4, 0.5) is 0 Å². The van der Waals surface area contributed by atoms with Crippen molar-refractivity contribution in [1.29, 1.82) is 0 Å². The standard InChI is InChI=1S/C10H19N/c1-3-4-10-8-5-9(10)7-11(2)6-8/h8-10H,3-7H2,1-2H3. The Hall–Kier alpha value is -0.0400. The van der Waals surface area contributed by atoms with Crippen molar-refractivity contribution in [3.05, 3.63) is 0 Å². The van der Waals surface area contributed by atoms with Crippen LogP contribution in [0.15, 0.2) is 0 Å². The predicted octanol–water partition coefficient (Wildman–Crippen LogP) is 1.98. The van der Waals surface area contributed by atoms with Gasteiger partial charge < -0.3 is 4.90 Å². The van der Waals surface area contributed by atoms with Gasteiger partial charge in [-0.3, -0.25) is 0 Å². The molecule has 2 atom stereocenters. The summed E-state index contributed by atoms with van der Waals surface area (Å²) in [5.74, 6) is 3.24. The molecule has 2 saturated heterocycles. The number of piperidine rings is 2. The second kappa shape index (κ2) is 2.78. The van der Waals surface area contributed by atoms with Crippen molar-refractivity contribution in [2.24, 2.45) is 17.8 Å². The number of hydrogen-bond donors (Lipinski definition) is 0. The molecule has 2 aliphatic heterocycles. The highest BCUT2D eigenvalue weighted by Gasteiger charge is 2.44. The highest BCUT2D eigenvalue weighted by atomic mass is 15.1. The van der Waals surface area contributed by atoms with Crippen LogP contribution in [0.3, 0.4) is 0 Å². The van der Waals surface area contributed by atoms with Gasteiger partial charge in [-0.1, -0.05) is 19.8 Å². The molecular formula is C10H19N. The van der Waals surface area contributed by atoms with Gasteiger partial charge in [-0.25, -0.2) is 0 Å². The summed E-state index contributed by atoms with van der Waals surface area (Å²) < 4.78 is 0. The second-order valence-corrected chi connectivity index (χ2v) is 4.43. The molecule has 2 bridgehead atoms. The van der Waals surface area contributed by atoms with Gasteiger partial charge in [0.05, 0.1) is 0 Å². The summed E-state index contributed by atoms with van der Waals surface area (Å²) in [6, 6.07) is 0. The molecule has 1 heteroatoms. The molecule has 0 radical (unpaired) electrons. The lowest BCUT2D eigenvalue weighted by Crippen LogP contribution is -2.53. The lowest BCUT2D eigenvalue weighted by Gasteiger charge is -2.53. The highest BCUT2D eigenvalue weighted by molar-refractivity contribution is 4.95. The van der Waals surface area contributed by atoms with Gasteiger partial charge in [0.25, 0.3) is 0 Å². The molecule has 0 aromatic rings. The molecular weight excluding hydrogens is 134 g/mol. The minimum atomic E-state index is 1.07. The zero-order chi connectivity index (χ0) is 7.84. The Morgan fingerprint density at radius 1 is 1.27 bits per heavy atom. The van der Waals surface area contributed by atoms with Crippen LogP contribution in [0.5, 0.6) is 0 Å². The van der Waals surface area contributed by atoms with E-state index in [1.165, 1.54) is 32.4 Å². The van der Waals surface area contributed by atoms with Crippen molar-refractivity contribution < 1.29 is 0 Å². The summed E-state index contributed by atoms with van der Waals surface area (Å²) in [5, 5.41) is 0. The molecule has 64 valence electrons. The topological polar surface area (TPSA) is 3.24 Å². The molecule has 3 fully saturated rings. The van der Waals surface area contributed by atoms with Crippen molar-refractivity contribution >= 4 is 0 Å². The van der Waals surface area contributed by atoms with Gasteiger partial charge >= 0.3 is 0 Å². The average Bonchev–Trinajstić information content (AvgIpc) is 2.00. The van der Waals surface area contributed by atoms with E-state index >= 15 is 0 Å². The molecule has 0 amide bonds. The number of nitrogens with zero attached hydrogens (tertiary/aromatic N) is 1. The van der Waals surface area contributed by atoms with E-state index in [1.807, 2.05) is 0 Å². The van der Waals surface area contributed by atoms with Crippen molar-refractivity contribution in [2.45, 2.75) is 26.2 Å². The quantitative estimate of drug-likeness (QED) is 0.586. The Kier molecular flexibility index (Phi) is 1.92. The summed E-state index contributed by atoms with van der Waals surface area (Å²) in [6.07, 6.45) is 4.42. The van der Waals surface area contributed by atoms with Gasteiger partial charge in [-0.05, 0) is 31.2 Å². The van der Waals surface area contributed by atoms with Crippen molar-refractivity contribution in [1.82, 2.24) is 4.90 Å². The van der Waals surface area contributed by atoms with Gasteiger partial charge in [0.2, 0.25) is 0 Å². The largest absolute Gasteiger partial charge is 0.306 e. The van der Waals surface area contributed by atoms with Crippen molar-refractivity contribution in [3.8, 4) is 0 Å². The third kappa shape index (κ3) is 1.20. The van der Waals surface area contributed by atoms with Gasteiger partial charge in [0.15, 0.2) is 0 Å². The molecule has 3 aliphatic rings. The van der Waals surface area contributed by atoms with E-state index in [2.05, 4.69) is 18.9 Å². The van der Waals surface area contributed by atoms with E-state index in [9.17, 15) is 0 Å². The van der Waals surface area contributed by atoms with Gasteiger partial charge in [-0.2, -0.15) is 0 Å². The van der Waals surface area contributed by atoms with Crippen LogP contribution in [0.1, 0.15) is 26.2 Å². The van der Waals surface area contributed by atoms with Crippen LogP contribution in [-0.2, 0) is 0 Å². The van der Waals surface area contributed by atoms with Crippen LogP contribution < -0.4 is 0 Å². The van der Waals surface area contributed by atoms with Crippen LogP contribution in [0, 0.1) is 17.8 Å². The summed E-state index contributed by atoms with van der Waals surface area (Å²) in [4.78, 5) is 2.50. The average molecular weight is 153 g/mol. The first-order chi connectivity index (χ1) is 5.31. The van der Waals surface area contributed by atoms with E-state index < -0.39 is 0 Å². The van der Waals surface area contributed by atoms with Crippen LogP contribution in [-0.4, -0.2) is 25.0 Å². The predicted molar refractivity (Wildman–Crippen MR) is 47.5 cm³/mol. The number of fused-ring (bicyclic) bond motifs is 2. The molecule has 0 aromatic carbocycles. The minimum Gasteiger partial charge on any atom is -0.306 e. The minimum absolute atomic E-state index is 1.07. The Morgan fingerprint density at radius 2 is 1.91 bits per heavy atom. The summed E-state index contributed by atoms with van der Waals surface area (Å²) >= 11 is 0. The van der Waals surface area contributed by atoms with E-state index in [-0.39, 0.29) is 0 Å². The molecule has 0 N–H and O–H groups in total. The van der Waals surface area contributed by atoms with Gasteiger partial charge in [-0.15, -0.1) is 0 Å². The zero-order valence-electron chi connectivity index (χ0n) is 7.71. The van der Waals surface area contributed by atoms with E-state index in [0.29, 0.717) is 0 Å². The first-order valence-corrected chi connectivity index (χ1v) is 4.99. The molecule has 0 aromatic heterocycles. The fourth-order valence-electron chi connectivity index (χ4n) is 3.03. The summed E-state index contributed by atoms with van der Waals surface area (Å²) in [6.45, 7) is 5.07. The maximum atomic E-state index is 2.50. The Morgan fingerprint density at radius 3 is 2.45 bits per heavy atom. The van der Waals surface area contributed by atoms with E-state index in [0.717, 1.165) is 17.8 Å². The smallest absolute Gasteiger partial charge is 0.000960 e. The third-order valence-corrected chi connectivity index (χ3v) is 3.53. The zero-order valence-corrected chi connectivity index (χ0v) is 7.71. The Bertz CT molecular complexity index is 132. The monoisotopic (exact) mass is 153 g/mol. The first-order valence-electron chi connectivity index (χ1n) is 4.99. The SMILES string of the molecule is CCCC1C2CC1CN(C)C2. The van der Waals surface area contributed by atoms with Crippen LogP contribution >= 0.6 is 0 Å². The maximum absolute atomic E-state index is 2.50. The summed E-state index contributed by atoms with van der Waals surface area (Å²) in [7, 11) is 2.27. The number of rotatable bonds is 2. The van der Waals surface area contributed by atoms with Crippen molar-refractivity contribution in [3.63, 3.8) is 0 Å². The van der Waals surface area contributed by atoms with E-state index in [1.54, 1.807) is 0 Å². The third-order valence-electron chi connectivity index (χ3n) is 3.53. The molecule has 3 rings (SSSR count). The normalized spacial score (nSPS) is 43.6. The Labute approximate surface area is 69.8 Å². The molecule has 2 unspecified atom stereocenters. The highest BCUT2D eigenvalue weighted by Crippen LogP contribution is 2.47. The molecule has 2 heterocycles. The van der Waals surface area contributed by atoms with Crippen LogP contribution in [0.2, 0.25) is 0 Å². The fourth-order valence-corrected chi connectivity index (χ4v) is 3.03. The van der Waals surface area contributed by atoms with Gasteiger partial charge in [0.1, 0.15) is 0 Å². The molecule has 1 saturated carbocycles. The lowest BCUT2D eigenvalue weighted by molar-refractivity contribution is -0.0365. The lowest BCUT2D eigenvalue weighted by atomic mass is 9.60. The van der Waals surface area contributed by atoms with Gasteiger partial charge in [0, 0.05) is 13.1 Å².